The van der Waals surface area contributed by atoms with Crippen molar-refractivity contribution in [1.29, 1.82) is 0 Å². The molecule has 10 heteroatoms. The molecule has 2 aromatic heterocycles. The lowest BCUT2D eigenvalue weighted by atomic mass is 10.0. The lowest BCUT2D eigenvalue weighted by Gasteiger charge is -2.32. The van der Waals surface area contributed by atoms with Crippen molar-refractivity contribution in [3.05, 3.63) is 46.2 Å². The van der Waals surface area contributed by atoms with Gasteiger partial charge in [0.15, 0.2) is 11.7 Å². The number of alkyl halides is 3. The first kappa shape index (κ1) is 22.5. The minimum absolute atomic E-state index is 0.319. The molecule has 0 radical (unpaired) electrons. The topological polar surface area (TPSA) is 65.4 Å². The van der Waals surface area contributed by atoms with Gasteiger partial charge in [0, 0.05) is 56.8 Å². The number of aromatic nitrogens is 2. The maximum Gasteiger partial charge on any atom is 0.434 e. The highest BCUT2D eigenvalue weighted by molar-refractivity contribution is 7.09. The Bertz CT molecular complexity index is 800. The first-order valence-corrected chi connectivity index (χ1v) is 11.0. The zero-order chi connectivity index (χ0) is 21.4. The third-order valence-electron chi connectivity index (χ3n) is 4.82. The molecule has 164 valence electrons. The average molecular weight is 441 g/mol. The monoisotopic (exact) mass is 440 g/mol. The summed E-state index contributed by atoms with van der Waals surface area (Å²) in [6.45, 7) is 5.91. The molecule has 0 aromatic carbocycles. The molecule has 1 saturated heterocycles. The van der Waals surface area contributed by atoms with E-state index < -0.39 is 11.9 Å². The van der Waals surface area contributed by atoms with Crippen LogP contribution in [0.15, 0.2) is 34.8 Å². The Balaban J connectivity index is 1.45. The third kappa shape index (κ3) is 6.94. The highest BCUT2D eigenvalue weighted by Crippen LogP contribution is 2.30. The molecule has 1 aliphatic rings. The van der Waals surface area contributed by atoms with Crippen LogP contribution in [0, 0.1) is 0 Å². The minimum atomic E-state index is -4.39. The van der Waals surface area contributed by atoms with Gasteiger partial charge in [0.25, 0.3) is 0 Å². The van der Waals surface area contributed by atoms with Crippen LogP contribution in [0.3, 0.4) is 0 Å². The highest BCUT2D eigenvalue weighted by Gasteiger charge is 2.33. The summed E-state index contributed by atoms with van der Waals surface area (Å²) in [4.78, 5) is 15.0. The molecule has 0 bridgehead atoms. The normalized spacial score (nSPS) is 16.6. The first-order valence-electron chi connectivity index (χ1n) is 10.1. The largest absolute Gasteiger partial charge is 0.434 e. The van der Waals surface area contributed by atoms with Gasteiger partial charge in [-0.15, -0.1) is 11.3 Å². The number of guanidine groups is 1. The highest BCUT2D eigenvalue weighted by atomic mass is 32.1. The maximum atomic E-state index is 12.7. The van der Waals surface area contributed by atoms with Crippen molar-refractivity contribution in [3.63, 3.8) is 0 Å². The summed E-state index contributed by atoms with van der Waals surface area (Å²) in [6.07, 6.45) is -0.185. The minimum Gasteiger partial charge on any atom is -0.357 e. The van der Waals surface area contributed by atoms with Gasteiger partial charge in [0.1, 0.15) is 0 Å². The van der Waals surface area contributed by atoms with Gasteiger partial charge in [-0.3, -0.25) is 14.9 Å². The summed E-state index contributed by atoms with van der Waals surface area (Å²) in [7, 11) is 0. The molecule has 0 unspecified atom stereocenters. The van der Waals surface area contributed by atoms with Crippen LogP contribution in [0.5, 0.6) is 0 Å². The number of nitrogens with one attached hydrogen (secondary N) is 2. The summed E-state index contributed by atoms with van der Waals surface area (Å²) in [5, 5.41) is 8.18. The molecule has 1 aliphatic heterocycles. The number of halogens is 3. The van der Waals surface area contributed by atoms with Gasteiger partial charge in [-0.1, -0.05) is 6.07 Å². The number of rotatable bonds is 7. The Morgan fingerprint density at radius 3 is 2.73 bits per heavy atom. The molecule has 0 amide bonds. The van der Waals surface area contributed by atoms with Crippen molar-refractivity contribution in [2.75, 3.05) is 26.2 Å². The molecular weight excluding hydrogens is 413 g/mol. The Kier molecular flexibility index (Phi) is 8.03. The fourth-order valence-corrected chi connectivity index (χ4v) is 4.08. The lowest BCUT2D eigenvalue weighted by molar-refractivity contribution is -0.140. The second kappa shape index (κ2) is 10.7. The summed E-state index contributed by atoms with van der Waals surface area (Å²) in [5.41, 5.74) is 0.253. The van der Waals surface area contributed by atoms with E-state index in [1.165, 1.54) is 0 Å². The SMILES string of the molecule is CCNC(=NCCc1nc(C(F)(F)F)cs1)NC1CCN(Cc2ccccn2)CC1. The predicted molar refractivity (Wildman–Crippen MR) is 112 cm³/mol. The van der Waals surface area contributed by atoms with Crippen LogP contribution in [-0.4, -0.2) is 53.0 Å². The fraction of sp³-hybridized carbons (Fsp3) is 0.550. The second-order valence-electron chi connectivity index (χ2n) is 7.15. The van der Waals surface area contributed by atoms with E-state index in [1.54, 1.807) is 0 Å². The van der Waals surface area contributed by atoms with Crippen molar-refractivity contribution in [1.82, 2.24) is 25.5 Å². The van der Waals surface area contributed by atoms with E-state index in [1.807, 2.05) is 31.3 Å². The van der Waals surface area contributed by atoms with Crippen LogP contribution < -0.4 is 10.6 Å². The van der Waals surface area contributed by atoms with Crippen molar-refractivity contribution in [2.24, 2.45) is 4.99 Å². The Hall–Kier alpha value is -2.20. The van der Waals surface area contributed by atoms with Crippen LogP contribution in [0.2, 0.25) is 0 Å². The number of hydrogen-bond acceptors (Lipinski definition) is 5. The molecule has 3 rings (SSSR count). The van der Waals surface area contributed by atoms with E-state index >= 15 is 0 Å². The van der Waals surface area contributed by atoms with E-state index in [4.69, 9.17) is 0 Å². The molecule has 0 spiro atoms. The zero-order valence-electron chi connectivity index (χ0n) is 17.0. The van der Waals surface area contributed by atoms with Crippen molar-refractivity contribution < 1.29 is 13.2 Å². The van der Waals surface area contributed by atoms with E-state index in [0.717, 1.165) is 61.4 Å². The van der Waals surface area contributed by atoms with E-state index in [9.17, 15) is 13.2 Å². The average Bonchev–Trinajstić information content (AvgIpc) is 3.20. The molecule has 30 heavy (non-hydrogen) atoms. The molecular formula is C20H27F3N6S. The number of likely N-dealkylation sites (tertiary alicyclic amines) is 1. The number of thiazole rings is 1. The van der Waals surface area contributed by atoms with Gasteiger partial charge in [-0.25, -0.2) is 4.98 Å². The molecule has 2 N–H and O–H groups in total. The van der Waals surface area contributed by atoms with Gasteiger partial charge in [-0.05, 0) is 31.9 Å². The van der Waals surface area contributed by atoms with Crippen LogP contribution in [0.4, 0.5) is 13.2 Å². The predicted octanol–water partition coefficient (Wildman–Crippen LogP) is 3.32. The van der Waals surface area contributed by atoms with Crippen LogP contribution in [-0.2, 0) is 19.1 Å². The van der Waals surface area contributed by atoms with E-state index in [-0.39, 0.29) is 0 Å². The Labute approximate surface area is 178 Å². The van der Waals surface area contributed by atoms with Gasteiger partial charge in [0.2, 0.25) is 0 Å². The Morgan fingerprint density at radius 2 is 2.10 bits per heavy atom. The summed E-state index contributed by atoms with van der Waals surface area (Å²) >= 11 is 1.03. The van der Waals surface area contributed by atoms with Crippen molar-refractivity contribution in [2.45, 2.75) is 44.9 Å². The summed E-state index contributed by atoms with van der Waals surface area (Å²) in [5.74, 6) is 0.702. The smallest absolute Gasteiger partial charge is 0.357 e. The van der Waals surface area contributed by atoms with Crippen LogP contribution >= 0.6 is 11.3 Å². The third-order valence-corrected chi connectivity index (χ3v) is 5.73. The fourth-order valence-electron chi connectivity index (χ4n) is 3.29. The Morgan fingerprint density at radius 1 is 1.30 bits per heavy atom. The molecule has 0 atom stereocenters. The standard InChI is InChI=1S/C20H27F3N6S/c1-2-24-19(26-10-6-18-28-17(14-30-18)20(21,22)23)27-15-7-11-29(12-8-15)13-16-5-3-4-9-25-16/h3-5,9,14-15H,2,6-8,10-13H2,1H3,(H2,24,26,27). The lowest BCUT2D eigenvalue weighted by Crippen LogP contribution is -2.48. The summed E-state index contributed by atoms with van der Waals surface area (Å²) in [6, 6.07) is 6.29. The first-order chi connectivity index (χ1) is 14.4. The van der Waals surface area contributed by atoms with Gasteiger partial charge >= 0.3 is 6.18 Å². The molecule has 2 aromatic rings. The van der Waals surface area contributed by atoms with E-state index in [0.29, 0.717) is 30.0 Å². The van der Waals surface area contributed by atoms with Gasteiger partial charge in [-0.2, -0.15) is 13.2 Å². The van der Waals surface area contributed by atoms with E-state index in [2.05, 4.69) is 30.5 Å². The van der Waals surface area contributed by atoms with Gasteiger partial charge in [0.05, 0.1) is 10.7 Å². The quantitative estimate of drug-likeness (QED) is 0.511. The second-order valence-corrected chi connectivity index (χ2v) is 8.09. The molecule has 0 aliphatic carbocycles. The summed E-state index contributed by atoms with van der Waals surface area (Å²) < 4.78 is 38.0. The zero-order valence-corrected chi connectivity index (χ0v) is 17.8. The molecule has 1 fully saturated rings. The number of piperidine rings is 1. The van der Waals surface area contributed by atoms with Crippen LogP contribution in [0.1, 0.15) is 36.2 Å². The molecule has 6 nitrogen and oxygen atoms in total. The number of pyridine rings is 1. The number of hydrogen-bond donors (Lipinski definition) is 2. The van der Waals surface area contributed by atoms with Crippen molar-refractivity contribution in [3.8, 4) is 0 Å². The van der Waals surface area contributed by atoms with Crippen molar-refractivity contribution >= 4 is 17.3 Å². The number of aliphatic imine (C=N–C) groups is 1. The molecule has 3 heterocycles. The number of nitrogens with zero attached hydrogens (tertiary/aromatic N) is 4. The molecule has 0 saturated carbocycles. The maximum absolute atomic E-state index is 12.7. The van der Waals surface area contributed by atoms with Crippen LogP contribution in [0.25, 0.3) is 0 Å². The van der Waals surface area contributed by atoms with Gasteiger partial charge < -0.3 is 10.6 Å².